The van der Waals surface area contributed by atoms with Gasteiger partial charge in [-0.2, -0.15) is 0 Å². The highest BCUT2D eigenvalue weighted by Crippen LogP contribution is 2.19. The Morgan fingerprint density at radius 1 is 1.11 bits per heavy atom. The van der Waals surface area contributed by atoms with E-state index in [1.807, 2.05) is 18.2 Å². The van der Waals surface area contributed by atoms with Gasteiger partial charge >= 0.3 is 0 Å². The minimum absolute atomic E-state index is 0.668. The number of rotatable bonds is 9. The Hall–Kier alpha value is -2.73. The van der Waals surface area contributed by atoms with Gasteiger partial charge in [0.15, 0.2) is 5.96 Å². The molecule has 6 heteroatoms. The van der Waals surface area contributed by atoms with Gasteiger partial charge in [-0.1, -0.05) is 23.8 Å². The highest BCUT2D eigenvalue weighted by Gasteiger charge is 2.05. The molecule has 1 aromatic carbocycles. The number of furan rings is 1. The van der Waals surface area contributed by atoms with E-state index in [9.17, 15) is 0 Å². The predicted molar refractivity (Wildman–Crippen MR) is 115 cm³/mol. The maximum atomic E-state index is 5.48. The van der Waals surface area contributed by atoms with Crippen LogP contribution in [0, 0.1) is 6.92 Å². The van der Waals surface area contributed by atoms with Gasteiger partial charge in [0.2, 0.25) is 0 Å². The summed E-state index contributed by atoms with van der Waals surface area (Å²) >= 11 is 1.72. The molecule has 148 valence electrons. The topological polar surface area (TPSA) is 58.8 Å². The normalized spacial score (nSPS) is 11.4. The molecule has 0 aliphatic rings. The summed E-state index contributed by atoms with van der Waals surface area (Å²) in [6, 6.07) is 14.3. The molecule has 0 aliphatic carbocycles. The Balaban J connectivity index is 1.56. The van der Waals surface area contributed by atoms with E-state index in [0.29, 0.717) is 6.54 Å². The first kappa shape index (κ1) is 20.0. The van der Waals surface area contributed by atoms with Gasteiger partial charge in [-0.25, -0.2) is 4.99 Å². The molecule has 0 aliphatic heterocycles. The summed E-state index contributed by atoms with van der Waals surface area (Å²) in [5.41, 5.74) is 2.43. The van der Waals surface area contributed by atoms with Gasteiger partial charge in [0.05, 0.1) is 19.9 Å². The largest absolute Gasteiger partial charge is 0.496 e. The van der Waals surface area contributed by atoms with Crippen LogP contribution in [0.5, 0.6) is 5.75 Å². The SMILES string of the molecule is COc1ccc(C)cc1CCNC(=NCc1cccs1)NCCc1ccco1. The summed E-state index contributed by atoms with van der Waals surface area (Å²) in [7, 11) is 1.71. The highest BCUT2D eigenvalue weighted by atomic mass is 32.1. The van der Waals surface area contributed by atoms with Crippen molar-refractivity contribution in [3.05, 3.63) is 75.9 Å². The number of aliphatic imine (C=N–C) groups is 1. The first-order valence-corrected chi connectivity index (χ1v) is 10.3. The predicted octanol–water partition coefficient (Wildman–Crippen LogP) is 4.18. The van der Waals surface area contributed by atoms with E-state index in [1.165, 1.54) is 16.0 Å². The lowest BCUT2D eigenvalue weighted by Crippen LogP contribution is -2.39. The minimum Gasteiger partial charge on any atom is -0.496 e. The van der Waals surface area contributed by atoms with Gasteiger partial charge in [0.25, 0.3) is 0 Å². The molecule has 0 bridgehead atoms. The van der Waals surface area contributed by atoms with Crippen molar-refractivity contribution >= 4 is 17.3 Å². The molecule has 0 atom stereocenters. The van der Waals surface area contributed by atoms with Gasteiger partial charge < -0.3 is 19.8 Å². The molecule has 0 saturated heterocycles. The van der Waals surface area contributed by atoms with Crippen molar-refractivity contribution in [2.24, 2.45) is 4.99 Å². The van der Waals surface area contributed by atoms with E-state index in [-0.39, 0.29) is 0 Å². The zero-order chi connectivity index (χ0) is 19.6. The number of hydrogen-bond acceptors (Lipinski definition) is 4. The summed E-state index contributed by atoms with van der Waals surface area (Å²) in [5.74, 6) is 2.71. The van der Waals surface area contributed by atoms with Crippen LogP contribution in [-0.4, -0.2) is 26.2 Å². The number of nitrogens with one attached hydrogen (secondary N) is 2. The van der Waals surface area contributed by atoms with Crippen molar-refractivity contribution in [1.82, 2.24) is 10.6 Å². The van der Waals surface area contributed by atoms with E-state index in [0.717, 1.165) is 43.4 Å². The van der Waals surface area contributed by atoms with E-state index < -0.39 is 0 Å². The molecule has 0 unspecified atom stereocenters. The van der Waals surface area contributed by atoms with E-state index in [1.54, 1.807) is 24.7 Å². The molecule has 3 rings (SSSR count). The first-order valence-electron chi connectivity index (χ1n) is 9.45. The monoisotopic (exact) mass is 397 g/mol. The molecular weight excluding hydrogens is 370 g/mol. The lowest BCUT2D eigenvalue weighted by Gasteiger charge is -2.14. The summed E-state index contributed by atoms with van der Waals surface area (Å²) in [5, 5.41) is 8.91. The molecular formula is C22H27N3O2S. The summed E-state index contributed by atoms with van der Waals surface area (Å²) in [4.78, 5) is 5.96. The molecule has 0 amide bonds. The minimum atomic E-state index is 0.668. The number of benzene rings is 1. The van der Waals surface area contributed by atoms with Crippen molar-refractivity contribution < 1.29 is 9.15 Å². The van der Waals surface area contributed by atoms with Crippen molar-refractivity contribution in [2.45, 2.75) is 26.3 Å². The second-order valence-corrected chi connectivity index (χ2v) is 7.52. The fourth-order valence-corrected chi connectivity index (χ4v) is 3.54. The van der Waals surface area contributed by atoms with Crippen molar-refractivity contribution in [3.63, 3.8) is 0 Å². The van der Waals surface area contributed by atoms with E-state index in [2.05, 4.69) is 47.2 Å². The van der Waals surface area contributed by atoms with Crippen LogP contribution in [0.15, 0.2) is 63.5 Å². The second kappa shape index (κ2) is 10.6. The quantitative estimate of drug-likeness (QED) is 0.420. The van der Waals surface area contributed by atoms with Crippen LogP contribution in [0.2, 0.25) is 0 Å². The van der Waals surface area contributed by atoms with Crippen molar-refractivity contribution in [2.75, 3.05) is 20.2 Å². The maximum Gasteiger partial charge on any atom is 0.191 e. The molecule has 5 nitrogen and oxygen atoms in total. The van der Waals surface area contributed by atoms with Gasteiger partial charge in [-0.3, -0.25) is 0 Å². The van der Waals surface area contributed by atoms with Gasteiger partial charge in [-0.05, 0) is 48.6 Å². The fraction of sp³-hybridized carbons (Fsp3) is 0.318. The standard InChI is InChI=1S/C22H27N3O2S/c1-17-7-8-21(26-2)18(15-17)9-11-23-22(25-16-20-6-4-14-28-20)24-12-10-19-5-3-13-27-19/h3-8,13-15H,9-12,16H2,1-2H3,(H2,23,24,25). The molecule has 0 spiro atoms. The number of methoxy groups -OCH3 is 1. The number of aryl methyl sites for hydroxylation is 1. The van der Waals surface area contributed by atoms with Crippen LogP contribution < -0.4 is 15.4 Å². The van der Waals surface area contributed by atoms with Crippen LogP contribution in [0.3, 0.4) is 0 Å². The van der Waals surface area contributed by atoms with E-state index in [4.69, 9.17) is 14.1 Å². The lowest BCUT2D eigenvalue weighted by atomic mass is 10.1. The Bertz CT molecular complexity index is 858. The van der Waals surface area contributed by atoms with Crippen LogP contribution >= 0.6 is 11.3 Å². The Labute approximate surface area is 170 Å². The molecule has 0 radical (unpaired) electrons. The van der Waals surface area contributed by atoms with Crippen molar-refractivity contribution in [3.8, 4) is 5.75 Å². The number of ether oxygens (including phenoxy) is 1. The zero-order valence-electron chi connectivity index (χ0n) is 16.4. The van der Waals surface area contributed by atoms with Crippen molar-refractivity contribution in [1.29, 1.82) is 0 Å². The molecule has 0 fully saturated rings. The molecule has 2 N–H and O–H groups in total. The third-order valence-electron chi connectivity index (χ3n) is 4.34. The number of guanidine groups is 1. The van der Waals surface area contributed by atoms with Crippen LogP contribution in [0.25, 0.3) is 0 Å². The first-order chi connectivity index (χ1) is 13.7. The van der Waals surface area contributed by atoms with Gasteiger partial charge in [0, 0.05) is 24.4 Å². The average molecular weight is 398 g/mol. The number of nitrogens with zero attached hydrogens (tertiary/aromatic N) is 1. The van der Waals surface area contributed by atoms with Gasteiger partial charge in [-0.15, -0.1) is 11.3 Å². The summed E-state index contributed by atoms with van der Waals surface area (Å²) < 4.78 is 10.9. The third kappa shape index (κ3) is 6.16. The summed E-state index contributed by atoms with van der Waals surface area (Å²) in [6.07, 6.45) is 3.38. The maximum absolute atomic E-state index is 5.48. The number of hydrogen-bond donors (Lipinski definition) is 2. The Morgan fingerprint density at radius 2 is 1.96 bits per heavy atom. The lowest BCUT2D eigenvalue weighted by molar-refractivity contribution is 0.409. The molecule has 0 saturated carbocycles. The van der Waals surface area contributed by atoms with Crippen LogP contribution in [0.4, 0.5) is 0 Å². The molecule has 2 heterocycles. The molecule has 2 aromatic heterocycles. The Morgan fingerprint density at radius 3 is 2.68 bits per heavy atom. The third-order valence-corrected chi connectivity index (χ3v) is 5.20. The van der Waals surface area contributed by atoms with Crippen LogP contribution in [-0.2, 0) is 19.4 Å². The fourth-order valence-electron chi connectivity index (χ4n) is 2.91. The highest BCUT2D eigenvalue weighted by molar-refractivity contribution is 7.09. The van der Waals surface area contributed by atoms with E-state index >= 15 is 0 Å². The smallest absolute Gasteiger partial charge is 0.191 e. The molecule has 3 aromatic rings. The van der Waals surface area contributed by atoms with Gasteiger partial charge in [0.1, 0.15) is 11.5 Å². The molecule has 28 heavy (non-hydrogen) atoms. The number of thiophene rings is 1. The zero-order valence-corrected chi connectivity index (χ0v) is 17.2. The average Bonchev–Trinajstić information content (AvgIpc) is 3.40. The Kier molecular flexibility index (Phi) is 7.55. The summed E-state index contributed by atoms with van der Waals surface area (Å²) in [6.45, 7) is 4.30. The van der Waals surface area contributed by atoms with Crippen LogP contribution in [0.1, 0.15) is 21.8 Å². The second-order valence-electron chi connectivity index (χ2n) is 6.49.